The highest BCUT2D eigenvalue weighted by Gasteiger charge is 2.20. The van der Waals surface area contributed by atoms with Gasteiger partial charge in [0.05, 0.1) is 5.69 Å². The summed E-state index contributed by atoms with van der Waals surface area (Å²) in [5.41, 5.74) is 1.94. The maximum atomic E-state index is 12.4. The lowest BCUT2D eigenvalue weighted by molar-refractivity contribution is 0.607. The van der Waals surface area contributed by atoms with Gasteiger partial charge in [-0.3, -0.25) is 14.3 Å². The SMILES string of the molecule is CCCCn1c(-n2nc(CC)cc2CC)nc2c1c(=O)[nH]c(=O)n2C. The molecule has 8 nitrogen and oxygen atoms in total. The van der Waals surface area contributed by atoms with E-state index in [-0.39, 0.29) is 0 Å². The summed E-state index contributed by atoms with van der Waals surface area (Å²) < 4.78 is 5.06. The Kier molecular flexibility index (Phi) is 4.61. The third-order valence-electron chi connectivity index (χ3n) is 4.47. The zero-order chi connectivity index (χ0) is 18.1. The number of nitrogens with one attached hydrogen (secondary N) is 1. The molecular formula is C17H24N6O2. The smallest absolute Gasteiger partial charge is 0.302 e. The van der Waals surface area contributed by atoms with Gasteiger partial charge in [-0.2, -0.15) is 10.1 Å². The van der Waals surface area contributed by atoms with Crippen molar-refractivity contribution < 1.29 is 0 Å². The molecule has 0 aromatic carbocycles. The molecule has 0 fully saturated rings. The minimum absolute atomic E-state index is 0.385. The average Bonchev–Trinajstić information content (AvgIpc) is 3.18. The number of aromatic amines is 1. The summed E-state index contributed by atoms with van der Waals surface area (Å²) in [5, 5.41) is 4.65. The lowest BCUT2D eigenvalue weighted by Crippen LogP contribution is -2.29. The van der Waals surface area contributed by atoms with E-state index in [4.69, 9.17) is 0 Å². The maximum absolute atomic E-state index is 12.4. The molecule has 3 heterocycles. The van der Waals surface area contributed by atoms with Gasteiger partial charge in [-0.15, -0.1) is 0 Å². The van der Waals surface area contributed by atoms with Crippen molar-refractivity contribution in [3.63, 3.8) is 0 Å². The second kappa shape index (κ2) is 6.70. The standard InChI is InChI=1S/C17H24N6O2/c1-5-8-9-22-13-14(21(4)17(25)19-15(13)24)18-16(22)23-12(7-3)10-11(6-2)20-23/h10H,5-9H2,1-4H3,(H,19,24,25). The van der Waals surface area contributed by atoms with Gasteiger partial charge in [0.1, 0.15) is 0 Å². The Morgan fingerprint density at radius 3 is 2.56 bits per heavy atom. The zero-order valence-electron chi connectivity index (χ0n) is 15.2. The van der Waals surface area contributed by atoms with E-state index in [0.29, 0.717) is 23.7 Å². The van der Waals surface area contributed by atoms with Gasteiger partial charge >= 0.3 is 5.69 Å². The molecule has 134 valence electrons. The van der Waals surface area contributed by atoms with E-state index in [9.17, 15) is 9.59 Å². The molecule has 0 aliphatic rings. The summed E-state index contributed by atoms with van der Waals surface area (Å²) in [6, 6.07) is 2.06. The van der Waals surface area contributed by atoms with Gasteiger partial charge in [0.15, 0.2) is 11.2 Å². The van der Waals surface area contributed by atoms with Crippen molar-refractivity contribution in [2.75, 3.05) is 0 Å². The zero-order valence-corrected chi connectivity index (χ0v) is 15.2. The van der Waals surface area contributed by atoms with E-state index in [2.05, 4.69) is 41.9 Å². The number of hydrogen-bond acceptors (Lipinski definition) is 4. The number of unbranched alkanes of at least 4 members (excludes halogenated alkanes) is 1. The second-order valence-electron chi connectivity index (χ2n) is 6.15. The fourth-order valence-electron chi connectivity index (χ4n) is 2.99. The van der Waals surface area contributed by atoms with Crippen LogP contribution in [0.3, 0.4) is 0 Å². The van der Waals surface area contributed by atoms with Crippen molar-refractivity contribution in [1.29, 1.82) is 0 Å². The number of H-pyrrole nitrogens is 1. The lowest BCUT2D eigenvalue weighted by atomic mass is 10.3. The number of aryl methyl sites for hydroxylation is 4. The Morgan fingerprint density at radius 1 is 1.16 bits per heavy atom. The molecule has 0 aliphatic carbocycles. The van der Waals surface area contributed by atoms with E-state index in [0.717, 1.165) is 37.1 Å². The van der Waals surface area contributed by atoms with Crippen LogP contribution < -0.4 is 11.2 Å². The normalized spacial score (nSPS) is 11.5. The van der Waals surface area contributed by atoms with Crippen LogP contribution in [0, 0.1) is 0 Å². The highest BCUT2D eigenvalue weighted by molar-refractivity contribution is 5.72. The van der Waals surface area contributed by atoms with Crippen molar-refractivity contribution in [3.8, 4) is 5.95 Å². The van der Waals surface area contributed by atoms with Crippen molar-refractivity contribution in [2.24, 2.45) is 7.05 Å². The highest BCUT2D eigenvalue weighted by Crippen LogP contribution is 2.19. The van der Waals surface area contributed by atoms with E-state index >= 15 is 0 Å². The van der Waals surface area contributed by atoms with Crippen LogP contribution in [0.15, 0.2) is 15.7 Å². The number of hydrogen-bond donors (Lipinski definition) is 1. The molecule has 3 rings (SSSR count). The molecule has 1 N–H and O–H groups in total. The fourth-order valence-corrected chi connectivity index (χ4v) is 2.99. The molecule has 25 heavy (non-hydrogen) atoms. The quantitative estimate of drug-likeness (QED) is 0.734. The third kappa shape index (κ3) is 2.81. The van der Waals surface area contributed by atoms with Crippen molar-refractivity contribution in [1.82, 2.24) is 28.9 Å². The third-order valence-corrected chi connectivity index (χ3v) is 4.47. The van der Waals surface area contributed by atoms with Crippen molar-refractivity contribution in [3.05, 3.63) is 38.3 Å². The van der Waals surface area contributed by atoms with E-state index < -0.39 is 11.2 Å². The molecule has 0 amide bonds. The first kappa shape index (κ1) is 17.2. The Hall–Kier alpha value is -2.64. The number of aromatic nitrogens is 6. The monoisotopic (exact) mass is 344 g/mol. The Balaban J connectivity index is 2.36. The van der Waals surface area contributed by atoms with Crippen LogP contribution in [0.2, 0.25) is 0 Å². The molecule has 0 atom stereocenters. The van der Waals surface area contributed by atoms with Crippen LogP contribution in [-0.4, -0.2) is 28.9 Å². The molecule has 0 saturated heterocycles. The molecule has 3 aromatic heterocycles. The molecule has 0 bridgehead atoms. The number of nitrogens with zero attached hydrogens (tertiary/aromatic N) is 5. The minimum atomic E-state index is -0.463. The molecule has 0 saturated carbocycles. The Morgan fingerprint density at radius 2 is 1.92 bits per heavy atom. The first-order chi connectivity index (χ1) is 12.0. The van der Waals surface area contributed by atoms with E-state index in [1.165, 1.54) is 4.57 Å². The largest absolute Gasteiger partial charge is 0.329 e. The van der Waals surface area contributed by atoms with Crippen molar-refractivity contribution in [2.45, 2.75) is 53.0 Å². The predicted molar refractivity (Wildman–Crippen MR) is 96.4 cm³/mol. The first-order valence-electron chi connectivity index (χ1n) is 8.79. The van der Waals surface area contributed by atoms with Gasteiger partial charge in [0.25, 0.3) is 5.56 Å². The number of rotatable bonds is 6. The average molecular weight is 344 g/mol. The van der Waals surface area contributed by atoms with Gasteiger partial charge in [-0.1, -0.05) is 27.2 Å². The summed E-state index contributed by atoms with van der Waals surface area (Å²) >= 11 is 0. The Labute approximate surface area is 145 Å². The minimum Gasteiger partial charge on any atom is -0.302 e. The Bertz CT molecular complexity index is 1020. The van der Waals surface area contributed by atoms with Crippen LogP contribution >= 0.6 is 0 Å². The molecule has 0 radical (unpaired) electrons. The summed E-state index contributed by atoms with van der Waals surface area (Å²) in [4.78, 5) is 31.4. The molecule has 0 aliphatic heterocycles. The number of fused-ring (bicyclic) bond motifs is 1. The topological polar surface area (TPSA) is 90.5 Å². The lowest BCUT2D eigenvalue weighted by Gasteiger charge is -2.09. The van der Waals surface area contributed by atoms with Crippen LogP contribution in [0.1, 0.15) is 45.0 Å². The van der Waals surface area contributed by atoms with Gasteiger partial charge in [-0.25, -0.2) is 9.48 Å². The summed E-state index contributed by atoms with van der Waals surface area (Å²) in [6.07, 6.45) is 3.53. The van der Waals surface area contributed by atoms with Gasteiger partial charge in [0.2, 0.25) is 5.95 Å². The maximum Gasteiger partial charge on any atom is 0.329 e. The molecule has 0 unspecified atom stereocenters. The molecule has 3 aromatic rings. The fraction of sp³-hybridized carbons (Fsp3) is 0.529. The van der Waals surface area contributed by atoms with Crippen LogP contribution in [0.5, 0.6) is 0 Å². The summed E-state index contributed by atoms with van der Waals surface area (Å²) in [7, 11) is 1.61. The predicted octanol–water partition coefficient (Wildman–Crippen LogP) is 1.53. The van der Waals surface area contributed by atoms with Gasteiger partial charge in [-0.05, 0) is 25.3 Å². The van der Waals surface area contributed by atoms with Crippen LogP contribution in [-0.2, 0) is 26.4 Å². The molecule has 0 spiro atoms. The summed E-state index contributed by atoms with van der Waals surface area (Å²) in [5.74, 6) is 0.590. The van der Waals surface area contributed by atoms with Crippen molar-refractivity contribution >= 4 is 11.2 Å². The van der Waals surface area contributed by atoms with E-state index in [1.807, 2.05) is 4.57 Å². The van der Waals surface area contributed by atoms with Gasteiger partial charge < -0.3 is 4.57 Å². The van der Waals surface area contributed by atoms with E-state index in [1.54, 1.807) is 11.7 Å². The number of imidazole rings is 1. The van der Waals surface area contributed by atoms with Crippen LogP contribution in [0.25, 0.3) is 17.1 Å². The van der Waals surface area contributed by atoms with Gasteiger partial charge in [0, 0.05) is 19.3 Å². The highest BCUT2D eigenvalue weighted by atomic mass is 16.2. The second-order valence-corrected chi connectivity index (χ2v) is 6.15. The molecule has 8 heteroatoms. The van der Waals surface area contributed by atoms with Crippen LogP contribution in [0.4, 0.5) is 0 Å². The first-order valence-corrected chi connectivity index (χ1v) is 8.79. The summed E-state index contributed by atoms with van der Waals surface area (Å²) in [6.45, 7) is 6.86. The molecular weight excluding hydrogens is 320 g/mol.